The first-order valence-electron chi connectivity index (χ1n) is 6.72. The van der Waals surface area contributed by atoms with Crippen LogP contribution in [0.3, 0.4) is 0 Å². The molecule has 0 spiro atoms. The average Bonchev–Trinajstić information content (AvgIpc) is 2.33. The van der Waals surface area contributed by atoms with E-state index in [1.165, 1.54) is 16.7 Å². The number of carbonyl (C=O) groups is 1. The zero-order chi connectivity index (χ0) is 14.6. The van der Waals surface area contributed by atoms with E-state index in [0.29, 0.717) is 6.42 Å². The normalized spacial score (nSPS) is 15.7. The smallest absolute Gasteiger partial charge is 0.322 e. The first kappa shape index (κ1) is 16.5. The minimum Gasteiger partial charge on any atom is -0.462 e. The van der Waals surface area contributed by atoms with Gasteiger partial charge in [-0.2, -0.15) is 0 Å². The highest BCUT2D eigenvalue weighted by Crippen LogP contribution is 2.27. The SMILES string of the molecule is CCC(C)OC(=O)C(C)(I)Cc1ccc(C)c(C)c1. The lowest BCUT2D eigenvalue weighted by atomic mass is 9.98. The van der Waals surface area contributed by atoms with Gasteiger partial charge in [-0.3, -0.25) is 4.79 Å². The molecule has 19 heavy (non-hydrogen) atoms. The van der Waals surface area contributed by atoms with Crippen molar-refractivity contribution in [3.63, 3.8) is 0 Å². The van der Waals surface area contributed by atoms with Crippen LogP contribution in [0.15, 0.2) is 18.2 Å². The van der Waals surface area contributed by atoms with E-state index in [9.17, 15) is 4.79 Å². The number of rotatable bonds is 5. The minimum atomic E-state index is -0.511. The number of hydrogen-bond donors (Lipinski definition) is 0. The summed E-state index contributed by atoms with van der Waals surface area (Å²) < 4.78 is 4.93. The second-order valence-corrected chi connectivity index (χ2v) is 7.80. The van der Waals surface area contributed by atoms with Gasteiger partial charge in [-0.15, -0.1) is 0 Å². The van der Waals surface area contributed by atoms with Gasteiger partial charge in [-0.1, -0.05) is 47.7 Å². The number of alkyl halides is 1. The fraction of sp³-hybridized carbons (Fsp3) is 0.562. The molecule has 3 heteroatoms. The molecule has 0 N–H and O–H groups in total. The quantitative estimate of drug-likeness (QED) is 0.434. The molecule has 2 atom stereocenters. The van der Waals surface area contributed by atoms with Crippen molar-refractivity contribution in [3.05, 3.63) is 34.9 Å². The summed E-state index contributed by atoms with van der Waals surface area (Å²) in [6.45, 7) is 10.1. The summed E-state index contributed by atoms with van der Waals surface area (Å²) in [6.07, 6.45) is 1.54. The maximum absolute atomic E-state index is 12.2. The van der Waals surface area contributed by atoms with Gasteiger partial charge < -0.3 is 4.74 Å². The molecule has 0 aliphatic carbocycles. The molecule has 0 fully saturated rings. The Hall–Kier alpha value is -0.580. The molecule has 106 valence electrons. The van der Waals surface area contributed by atoms with Crippen molar-refractivity contribution in [2.24, 2.45) is 0 Å². The predicted octanol–water partition coefficient (Wildman–Crippen LogP) is 4.38. The van der Waals surface area contributed by atoms with Crippen molar-refractivity contribution < 1.29 is 9.53 Å². The number of hydrogen-bond acceptors (Lipinski definition) is 2. The van der Waals surface area contributed by atoms with Crippen LogP contribution in [0.1, 0.15) is 43.9 Å². The molecule has 0 aromatic heterocycles. The average molecular weight is 374 g/mol. The summed E-state index contributed by atoms with van der Waals surface area (Å²) >= 11 is 2.20. The zero-order valence-corrected chi connectivity index (χ0v) is 14.6. The standard InChI is InChI=1S/C16H23IO2/c1-6-13(4)19-15(18)16(5,17)10-14-8-7-11(2)12(3)9-14/h7-9,13H,6,10H2,1-5H3. The first-order chi connectivity index (χ1) is 8.76. The Morgan fingerprint density at radius 1 is 1.37 bits per heavy atom. The molecule has 2 unspecified atom stereocenters. The van der Waals surface area contributed by atoms with Crippen molar-refractivity contribution in [2.45, 2.75) is 57.0 Å². The summed E-state index contributed by atoms with van der Waals surface area (Å²) in [4.78, 5) is 12.2. The Bertz CT molecular complexity index is 452. The second kappa shape index (κ2) is 6.73. The van der Waals surface area contributed by atoms with Gasteiger partial charge in [0.1, 0.15) is 3.42 Å². The van der Waals surface area contributed by atoms with Crippen molar-refractivity contribution in [2.75, 3.05) is 0 Å². The van der Waals surface area contributed by atoms with Gasteiger partial charge in [0.15, 0.2) is 0 Å². The van der Waals surface area contributed by atoms with Crippen molar-refractivity contribution >= 4 is 28.6 Å². The molecule has 1 rings (SSSR count). The van der Waals surface area contributed by atoms with Crippen LogP contribution in [0.4, 0.5) is 0 Å². The third-order valence-corrected chi connectivity index (χ3v) is 4.24. The first-order valence-corrected chi connectivity index (χ1v) is 7.80. The summed E-state index contributed by atoms with van der Waals surface area (Å²) in [5.74, 6) is -0.124. The summed E-state index contributed by atoms with van der Waals surface area (Å²) in [5.41, 5.74) is 3.72. The van der Waals surface area contributed by atoms with Gasteiger partial charge in [0.2, 0.25) is 0 Å². The Morgan fingerprint density at radius 3 is 2.53 bits per heavy atom. The zero-order valence-electron chi connectivity index (χ0n) is 12.4. The summed E-state index contributed by atoms with van der Waals surface area (Å²) in [6, 6.07) is 6.36. The Kier molecular flexibility index (Phi) is 5.83. The molecular weight excluding hydrogens is 351 g/mol. The van der Waals surface area contributed by atoms with Gasteiger partial charge in [-0.05, 0) is 57.2 Å². The highest BCUT2D eigenvalue weighted by molar-refractivity contribution is 14.1. The molecular formula is C16H23IO2. The molecule has 0 bridgehead atoms. The Morgan fingerprint density at radius 2 is 2.00 bits per heavy atom. The topological polar surface area (TPSA) is 26.3 Å². The number of esters is 1. The molecule has 0 saturated heterocycles. The Balaban J connectivity index is 2.77. The van der Waals surface area contributed by atoms with Crippen LogP contribution in [-0.2, 0) is 16.0 Å². The van der Waals surface area contributed by atoms with Crippen LogP contribution < -0.4 is 0 Å². The molecule has 0 aliphatic rings. The van der Waals surface area contributed by atoms with Gasteiger partial charge in [0.25, 0.3) is 0 Å². The molecule has 0 amide bonds. The molecule has 0 radical (unpaired) electrons. The van der Waals surface area contributed by atoms with Crippen LogP contribution in [-0.4, -0.2) is 15.5 Å². The maximum atomic E-state index is 12.2. The van der Waals surface area contributed by atoms with Gasteiger partial charge in [-0.25, -0.2) is 0 Å². The molecule has 0 heterocycles. The lowest BCUT2D eigenvalue weighted by Crippen LogP contribution is -2.34. The Labute approximate surface area is 130 Å². The third kappa shape index (κ3) is 4.79. The van der Waals surface area contributed by atoms with Crippen molar-refractivity contribution in [1.82, 2.24) is 0 Å². The van der Waals surface area contributed by atoms with Crippen LogP contribution >= 0.6 is 22.6 Å². The third-order valence-electron chi connectivity index (χ3n) is 3.42. The fourth-order valence-electron chi connectivity index (χ4n) is 1.76. The highest BCUT2D eigenvalue weighted by Gasteiger charge is 2.32. The van der Waals surface area contributed by atoms with E-state index in [1.54, 1.807) is 0 Å². The van der Waals surface area contributed by atoms with E-state index < -0.39 is 3.42 Å². The van der Waals surface area contributed by atoms with E-state index in [-0.39, 0.29) is 12.1 Å². The molecule has 0 aliphatic heterocycles. The fourth-order valence-corrected chi connectivity index (χ4v) is 2.33. The number of aryl methyl sites for hydroxylation is 2. The monoisotopic (exact) mass is 374 g/mol. The van der Waals surface area contributed by atoms with E-state index >= 15 is 0 Å². The highest BCUT2D eigenvalue weighted by atomic mass is 127. The van der Waals surface area contributed by atoms with E-state index in [1.807, 2.05) is 20.8 Å². The summed E-state index contributed by atoms with van der Waals surface area (Å²) in [7, 11) is 0. The van der Waals surface area contributed by atoms with Crippen LogP contribution in [0.5, 0.6) is 0 Å². The molecule has 0 saturated carbocycles. The van der Waals surface area contributed by atoms with Crippen LogP contribution in [0.2, 0.25) is 0 Å². The lowest BCUT2D eigenvalue weighted by Gasteiger charge is -2.23. The van der Waals surface area contributed by atoms with Crippen LogP contribution in [0.25, 0.3) is 0 Å². The maximum Gasteiger partial charge on any atom is 0.322 e. The van der Waals surface area contributed by atoms with Gasteiger partial charge >= 0.3 is 5.97 Å². The van der Waals surface area contributed by atoms with Gasteiger partial charge in [0, 0.05) is 0 Å². The minimum absolute atomic E-state index is 0.0126. The summed E-state index contributed by atoms with van der Waals surface area (Å²) in [5, 5.41) is 0. The van der Waals surface area contributed by atoms with Crippen LogP contribution in [0, 0.1) is 13.8 Å². The van der Waals surface area contributed by atoms with Crippen molar-refractivity contribution in [3.8, 4) is 0 Å². The number of ether oxygens (including phenoxy) is 1. The lowest BCUT2D eigenvalue weighted by molar-refractivity contribution is -0.150. The largest absolute Gasteiger partial charge is 0.462 e. The van der Waals surface area contributed by atoms with E-state index in [0.717, 1.165) is 6.42 Å². The second-order valence-electron chi connectivity index (χ2n) is 5.42. The van der Waals surface area contributed by atoms with Crippen molar-refractivity contribution in [1.29, 1.82) is 0 Å². The van der Waals surface area contributed by atoms with E-state index in [4.69, 9.17) is 4.74 Å². The predicted molar refractivity (Wildman–Crippen MR) is 87.9 cm³/mol. The number of halogens is 1. The molecule has 1 aromatic rings. The molecule has 1 aromatic carbocycles. The van der Waals surface area contributed by atoms with Gasteiger partial charge in [0.05, 0.1) is 6.10 Å². The number of benzene rings is 1. The van der Waals surface area contributed by atoms with E-state index in [2.05, 4.69) is 54.6 Å². The molecule has 2 nitrogen and oxygen atoms in total. The number of carbonyl (C=O) groups excluding carboxylic acids is 1.